The Balaban J connectivity index is 1.48. The van der Waals surface area contributed by atoms with Gasteiger partial charge in [0, 0.05) is 18.0 Å². The van der Waals surface area contributed by atoms with Gasteiger partial charge in [0.05, 0.1) is 25.3 Å². The molecular formula is C22H27N3O2. The third kappa shape index (κ3) is 4.04. The molecule has 5 heteroatoms. The SMILES string of the molecule is Cc1cnccc1-c1cccc(C(=O)NC2COCC2N2CCCCC2)c1. The van der Waals surface area contributed by atoms with E-state index in [0.29, 0.717) is 24.8 Å². The van der Waals surface area contributed by atoms with E-state index >= 15 is 0 Å². The van der Waals surface area contributed by atoms with Crippen LogP contribution in [-0.4, -0.2) is 54.2 Å². The molecule has 2 saturated heterocycles. The highest BCUT2D eigenvalue weighted by atomic mass is 16.5. The number of carbonyl (C=O) groups excluding carboxylic acids is 1. The van der Waals surface area contributed by atoms with Crippen molar-refractivity contribution in [2.75, 3.05) is 26.3 Å². The minimum Gasteiger partial charge on any atom is -0.378 e. The van der Waals surface area contributed by atoms with Gasteiger partial charge in [-0.05, 0) is 67.7 Å². The fourth-order valence-electron chi connectivity index (χ4n) is 4.17. The number of nitrogens with zero attached hydrogens (tertiary/aromatic N) is 2. The first-order valence-electron chi connectivity index (χ1n) is 9.86. The van der Waals surface area contributed by atoms with Gasteiger partial charge in [-0.1, -0.05) is 18.6 Å². The van der Waals surface area contributed by atoms with Crippen LogP contribution in [0, 0.1) is 6.92 Å². The zero-order chi connectivity index (χ0) is 18.6. The highest BCUT2D eigenvalue weighted by Crippen LogP contribution is 2.24. The quantitative estimate of drug-likeness (QED) is 0.905. The molecule has 3 heterocycles. The summed E-state index contributed by atoms with van der Waals surface area (Å²) in [6, 6.07) is 10.2. The van der Waals surface area contributed by atoms with Crippen molar-refractivity contribution in [3.63, 3.8) is 0 Å². The van der Waals surface area contributed by atoms with Crippen molar-refractivity contribution in [2.45, 2.75) is 38.3 Å². The molecule has 2 unspecified atom stereocenters. The van der Waals surface area contributed by atoms with Gasteiger partial charge in [0.1, 0.15) is 0 Å². The number of nitrogens with one attached hydrogen (secondary N) is 1. The largest absolute Gasteiger partial charge is 0.378 e. The Kier molecular flexibility index (Phi) is 5.50. The van der Waals surface area contributed by atoms with Crippen LogP contribution in [0.2, 0.25) is 0 Å². The summed E-state index contributed by atoms with van der Waals surface area (Å²) in [6.07, 6.45) is 7.42. The molecule has 5 nitrogen and oxygen atoms in total. The number of hydrogen-bond donors (Lipinski definition) is 1. The van der Waals surface area contributed by atoms with E-state index < -0.39 is 0 Å². The van der Waals surface area contributed by atoms with Crippen LogP contribution in [-0.2, 0) is 4.74 Å². The number of benzene rings is 1. The maximum Gasteiger partial charge on any atom is 0.251 e. The number of piperidine rings is 1. The summed E-state index contributed by atoms with van der Waals surface area (Å²) in [5, 5.41) is 3.22. The zero-order valence-corrected chi connectivity index (χ0v) is 15.9. The molecule has 0 aliphatic carbocycles. The first-order chi connectivity index (χ1) is 13.2. The van der Waals surface area contributed by atoms with Crippen molar-refractivity contribution >= 4 is 5.91 Å². The van der Waals surface area contributed by atoms with Crippen LogP contribution < -0.4 is 5.32 Å². The van der Waals surface area contributed by atoms with E-state index in [2.05, 4.69) is 15.2 Å². The molecule has 4 rings (SSSR count). The lowest BCUT2D eigenvalue weighted by atomic mass is 10.00. The van der Waals surface area contributed by atoms with Crippen molar-refractivity contribution in [3.8, 4) is 11.1 Å². The minimum atomic E-state index is -0.0268. The van der Waals surface area contributed by atoms with Gasteiger partial charge in [-0.2, -0.15) is 0 Å². The molecule has 2 aromatic rings. The third-order valence-corrected chi connectivity index (χ3v) is 5.68. The Morgan fingerprint density at radius 3 is 2.85 bits per heavy atom. The van der Waals surface area contributed by atoms with E-state index in [4.69, 9.17) is 4.74 Å². The summed E-state index contributed by atoms with van der Waals surface area (Å²) in [4.78, 5) is 19.5. The summed E-state index contributed by atoms with van der Waals surface area (Å²) >= 11 is 0. The number of pyridine rings is 1. The van der Waals surface area contributed by atoms with E-state index in [1.54, 1.807) is 6.20 Å². The van der Waals surface area contributed by atoms with Crippen LogP contribution in [0.1, 0.15) is 35.2 Å². The summed E-state index contributed by atoms with van der Waals surface area (Å²) in [5.41, 5.74) is 3.94. The normalized spacial score (nSPS) is 23.3. The summed E-state index contributed by atoms with van der Waals surface area (Å²) in [6.45, 7) is 5.56. The van der Waals surface area contributed by atoms with Gasteiger partial charge in [0.2, 0.25) is 0 Å². The zero-order valence-electron chi connectivity index (χ0n) is 15.9. The van der Waals surface area contributed by atoms with Gasteiger partial charge in [-0.25, -0.2) is 0 Å². The summed E-state index contributed by atoms with van der Waals surface area (Å²) in [5.74, 6) is -0.0268. The van der Waals surface area contributed by atoms with E-state index in [0.717, 1.165) is 29.8 Å². The van der Waals surface area contributed by atoms with E-state index in [-0.39, 0.29) is 11.9 Å². The van der Waals surface area contributed by atoms with Crippen molar-refractivity contribution in [3.05, 3.63) is 53.9 Å². The molecule has 2 atom stereocenters. The lowest BCUT2D eigenvalue weighted by molar-refractivity contribution is 0.0900. The van der Waals surface area contributed by atoms with E-state index in [1.165, 1.54) is 19.3 Å². The Morgan fingerprint density at radius 1 is 1.19 bits per heavy atom. The molecule has 0 saturated carbocycles. The Labute approximate surface area is 160 Å². The van der Waals surface area contributed by atoms with Gasteiger partial charge >= 0.3 is 0 Å². The second-order valence-electron chi connectivity index (χ2n) is 7.55. The number of aromatic nitrogens is 1. The molecule has 2 aliphatic rings. The lowest BCUT2D eigenvalue weighted by Crippen LogP contribution is -2.52. The number of likely N-dealkylation sites (tertiary alicyclic amines) is 1. The van der Waals surface area contributed by atoms with Gasteiger partial charge in [0.25, 0.3) is 5.91 Å². The minimum absolute atomic E-state index is 0.0268. The molecule has 2 aliphatic heterocycles. The number of ether oxygens (including phenoxy) is 1. The van der Waals surface area contributed by atoms with Crippen LogP contribution in [0.15, 0.2) is 42.7 Å². The number of carbonyl (C=O) groups is 1. The molecule has 1 aromatic heterocycles. The maximum absolute atomic E-state index is 12.9. The average Bonchev–Trinajstić information content (AvgIpc) is 3.17. The molecule has 1 N–H and O–H groups in total. The standard InChI is InChI=1S/C22H27N3O2/c1-16-13-23-9-8-19(16)17-6-5-7-18(12-17)22(26)24-20-14-27-15-21(20)25-10-3-2-4-11-25/h5-9,12-13,20-21H,2-4,10-11,14-15H2,1H3,(H,24,26). The monoisotopic (exact) mass is 365 g/mol. The molecule has 2 fully saturated rings. The molecule has 0 spiro atoms. The second-order valence-corrected chi connectivity index (χ2v) is 7.55. The van der Waals surface area contributed by atoms with Gasteiger partial charge in [-0.15, -0.1) is 0 Å². The number of aryl methyl sites for hydroxylation is 1. The van der Waals surface area contributed by atoms with Gasteiger partial charge < -0.3 is 10.1 Å². The van der Waals surface area contributed by atoms with E-state index in [9.17, 15) is 4.79 Å². The van der Waals surface area contributed by atoms with E-state index in [1.807, 2.05) is 43.5 Å². The fourth-order valence-corrected chi connectivity index (χ4v) is 4.17. The topological polar surface area (TPSA) is 54.5 Å². The number of amides is 1. The maximum atomic E-state index is 12.9. The Hall–Kier alpha value is -2.24. The molecule has 1 aromatic carbocycles. The summed E-state index contributed by atoms with van der Waals surface area (Å²) in [7, 11) is 0. The predicted octanol–water partition coefficient (Wildman–Crippen LogP) is 3.04. The molecule has 1 amide bonds. The highest BCUT2D eigenvalue weighted by molar-refractivity contribution is 5.95. The molecular weight excluding hydrogens is 338 g/mol. The van der Waals surface area contributed by atoms with Crippen LogP contribution >= 0.6 is 0 Å². The van der Waals surface area contributed by atoms with Crippen LogP contribution in [0.4, 0.5) is 0 Å². The average molecular weight is 365 g/mol. The molecule has 0 bridgehead atoms. The molecule has 27 heavy (non-hydrogen) atoms. The van der Waals surface area contributed by atoms with Crippen molar-refractivity contribution in [2.24, 2.45) is 0 Å². The number of rotatable bonds is 4. The molecule has 142 valence electrons. The predicted molar refractivity (Wildman–Crippen MR) is 106 cm³/mol. The number of hydrogen-bond acceptors (Lipinski definition) is 4. The fraction of sp³-hybridized carbons (Fsp3) is 0.455. The van der Waals surface area contributed by atoms with Crippen LogP contribution in [0.3, 0.4) is 0 Å². The van der Waals surface area contributed by atoms with Gasteiger partial charge in [0.15, 0.2) is 0 Å². The Bertz CT molecular complexity index is 802. The third-order valence-electron chi connectivity index (χ3n) is 5.68. The lowest BCUT2D eigenvalue weighted by Gasteiger charge is -2.34. The van der Waals surface area contributed by atoms with Crippen LogP contribution in [0.5, 0.6) is 0 Å². The molecule has 0 radical (unpaired) electrons. The van der Waals surface area contributed by atoms with Crippen LogP contribution in [0.25, 0.3) is 11.1 Å². The van der Waals surface area contributed by atoms with Crippen molar-refractivity contribution in [1.82, 2.24) is 15.2 Å². The highest BCUT2D eigenvalue weighted by Gasteiger charge is 2.34. The second kappa shape index (κ2) is 8.19. The van der Waals surface area contributed by atoms with Crippen molar-refractivity contribution < 1.29 is 9.53 Å². The van der Waals surface area contributed by atoms with Crippen molar-refractivity contribution in [1.29, 1.82) is 0 Å². The van der Waals surface area contributed by atoms with Gasteiger partial charge in [-0.3, -0.25) is 14.7 Å². The smallest absolute Gasteiger partial charge is 0.251 e. The first kappa shape index (κ1) is 18.1. The Morgan fingerprint density at radius 2 is 2.04 bits per heavy atom. The first-order valence-corrected chi connectivity index (χ1v) is 9.86. The summed E-state index contributed by atoms with van der Waals surface area (Å²) < 4.78 is 5.71.